The molecule has 1 aromatic rings. The van der Waals surface area contributed by atoms with E-state index in [4.69, 9.17) is 0 Å². The van der Waals surface area contributed by atoms with E-state index < -0.39 is 8.07 Å². The maximum atomic E-state index is 3.34. The molecule has 0 unspecified atom stereocenters. The molecule has 0 amide bonds. The summed E-state index contributed by atoms with van der Waals surface area (Å²) in [7, 11) is 0.589. The van der Waals surface area contributed by atoms with Gasteiger partial charge < -0.3 is 10.6 Å². The zero-order chi connectivity index (χ0) is 13.4. The normalized spacial score (nSPS) is 11.4. The summed E-state index contributed by atoms with van der Waals surface area (Å²) in [5.41, 5.74) is 5.54. The van der Waals surface area contributed by atoms with Gasteiger partial charge in [0.1, 0.15) is 13.8 Å². The van der Waals surface area contributed by atoms with Crippen LogP contribution in [-0.4, -0.2) is 15.1 Å². The highest BCUT2D eigenvalue weighted by atomic mass is 28.3. The number of nitrogens with one attached hydrogen (secondary N) is 2. The van der Waals surface area contributed by atoms with Crippen LogP contribution in [0, 0.1) is 11.5 Å². The first-order valence-electron chi connectivity index (χ1n) is 6.20. The summed E-state index contributed by atoms with van der Waals surface area (Å²) in [6.07, 6.45) is 1.94. The molecule has 0 saturated heterocycles. The van der Waals surface area contributed by atoms with Crippen LogP contribution >= 0.6 is 0 Å². The first-order chi connectivity index (χ1) is 8.51. The summed E-state index contributed by atoms with van der Waals surface area (Å²) < 4.78 is 0. The molecule has 0 aromatic heterocycles. The van der Waals surface area contributed by atoms with Crippen molar-refractivity contribution in [3.63, 3.8) is 0 Å². The minimum Gasteiger partial charge on any atom is -0.385 e. The van der Waals surface area contributed by atoms with Crippen LogP contribution in [-0.2, 0) is 6.54 Å². The Bertz CT molecular complexity index is 447. The van der Waals surface area contributed by atoms with Crippen molar-refractivity contribution in [1.29, 1.82) is 0 Å². The Hall–Kier alpha value is -1.66. The van der Waals surface area contributed by atoms with Crippen LogP contribution in [0.5, 0.6) is 0 Å². The standard InChI is InChI=1S/C15H22N2Si/c1-16-15(10-11-18(2,3)4)13-17-12-14-8-6-5-7-9-14/h5-9,13,16-17H,12H2,1-4H3/b15-13-. The van der Waals surface area contributed by atoms with Crippen LogP contribution < -0.4 is 10.6 Å². The van der Waals surface area contributed by atoms with Crippen LogP contribution in [0.25, 0.3) is 0 Å². The van der Waals surface area contributed by atoms with E-state index in [9.17, 15) is 0 Å². The van der Waals surface area contributed by atoms with Gasteiger partial charge in [-0.3, -0.25) is 0 Å². The highest BCUT2D eigenvalue weighted by molar-refractivity contribution is 6.83. The second kappa shape index (κ2) is 6.92. The molecule has 18 heavy (non-hydrogen) atoms. The molecule has 0 fully saturated rings. The highest BCUT2D eigenvalue weighted by Crippen LogP contribution is 1.99. The van der Waals surface area contributed by atoms with Crippen molar-refractivity contribution in [1.82, 2.24) is 10.6 Å². The Morgan fingerprint density at radius 2 is 1.89 bits per heavy atom. The predicted octanol–water partition coefficient (Wildman–Crippen LogP) is 2.72. The van der Waals surface area contributed by atoms with Crippen molar-refractivity contribution in [3.8, 4) is 11.5 Å². The van der Waals surface area contributed by atoms with E-state index in [0.717, 1.165) is 12.2 Å². The van der Waals surface area contributed by atoms with Crippen LogP contribution in [0.3, 0.4) is 0 Å². The second-order valence-corrected chi connectivity index (χ2v) is 9.92. The van der Waals surface area contributed by atoms with Crippen LogP contribution in [0.2, 0.25) is 19.6 Å². The van der Waals surface area contributed by atoms with Crippen molar-refractivity contribution >= 4 is 8.07 Å². The number of hydrogen-bond donors (Lipinski definition) is 2. The number of benzene rings is 1. The van der Waals surface area contributed by atoms with Gasteiger partial charge in [0.15, 0.2) is 0 Å². The first-order valence-corrected chi connectivity index (χ1v) is 9.70. The van der Waals surface area contributed by atoms with Gasteiger partial charge in [0.25, 0.3) is 0 Å². The predicted molar refractivity (Wildman–Crippen MR) is 81.5 cm³/mol. The van der Waals surface area contributed by atoms with E-state index in [-0.39, 0.29) is 0 Å². The smallest absolute Gasteiger partial charge is 0.129 e. The molecule has 0 spiro atoms. The fourth-order valence-electron chi connectivity index (χ4n) is 1.29. The average Bonchev–Trinajstić information content (AvgIpc) is 2.33. The van der Waals surface area contributed by atoms with Gasteiger partial charge in [-0.15, -0.1) is 5.54 Å². The van der Waals surface area contributed by atoms with E-state index in [1.807, 2.05) is 31.4 Å². The molecule has 96 valence electrons. The lowest BCUT2D eigenvalue weighted by atomic mass is 10.2. The highest BCUT2D eigenvalue weighted by Gasteiger charge is 2.07. The number of hydrogen-bond acceptors (Lipinski definition) is 2. The average molecular weight is 258 g/mol. The molecular weight excluding hydrogens is 236 g/mol. The van der Waals surface area contributed by atoms with Gasteiger partial charge in [-0.1, -0.05) is 55.9 Å². The minimum absolute atomic E-state index is 0.820. The minimum atomic E-state index is -1.31. The van der Waals surface area contributed by atoms with Crippen molar-refractivity contribution in [3.05, 3.63) is 47.8 Å². The molecule has 0 atom stereocenters. The molecule has 0 aliphatic heterocycles. The topological polar surface area (TPSA) is 24.1 Å². The van der Waals surface area contributed by atoms with Crippen molar-refractivity contribution in [2.75, 3.05) is 7.05 Å². The lowest BCUT2D eigenvalue weighted by Gasteiger charge is -2.06. The third-order valence-corrected chi connectivity index (χ3v) is 3.11. The molecule has 0 radical (unpaired) electrons. The van der Waals surface area contributed by atoms with Gasteiger partial charge in [-0.05, 0) is 5.56 Å². The largest absolute Gasteiger partial charge is 0.385 e. The quantitative estimate of drug-likeness (QED) is 0.641. The lowest BCUT2D eigenvalue weighted by Crippen LogP contribution is -2.18. The van der Waals surface area contributed by atoms with Crippen LogP contribution in [0.4, 0.5) is 0 Å². The van der Waals surface area contributed by atoms with Gasteiger partial charge >= 0.3 is 0 Å². The monoisotopic (exact) mass is 258 g/mol. The maximum absolute atomic E-state index is 3.34. The van der Waals surface area contributed by atoms with Gasteiger partial charge in [-0.2, -0.15) is 0 Å². The third-order valence-electron chi connectivity index (χ3n) is 2.24. The van der Waals surface area contributed by atoms with Crippen LogP contribution in [0.15, 0.2) is 42.2 Å². The van der Waals surface area contributed by atoms with Gasteiger partial charge in [-0.25, -0.2) is 0 Å². The molecule has 0 aliphatic rings. The maximum Gasteiger partial charge on any atom is 0.129 e. The molecule has 2 nitrogen and oxygen atoms in total. The Morgan fingerprint density at radius 1 is 1.22 bits per heavy atom. The summed E-state index contributed by atoms with van der Waals surface area (Å²) in [6.45, 7) is 7.54. The van der Waals surface area contributed by atoms with Crippen molar-refractivity contribution < 1.29 is 0 Å². The molecular formula is C15H22N2Si. The van der Waals surface area contributed by atoms with E-state index in [2.05, 4.69) is 53.9 Å². The Labute approximate surface area is 112 Å². The first kappa shape index (κ1) is 14.4. The zero-order valence-corrected chi connectivity index (χ0v) is 12.7. The summed E-state index contributed by atoms with van der Waals surface area (Å²) in [4.78, 5) is 0. The Balaban J connectivity index is 2.55. The Morgan fingerprint density at radius 3 is 2.44 bits per heavy atom. The summed E-state index contributed by atoms with van der Waals surface area (Å²) in [6, 6.07) is 10.3. The molecule has 1 aromatic carbocycles. The van der Waals surface area contributed by atoms with E-state index in [1.54, 1.807) is 0 Å². The molecule has 2 N–H and O–H groups in total. The fraction of sp³-hybridized carbons (Fsp3) is 0.333. The summed E-state index contributed by atoms with van der Waals surface area (Å²) in [5.74, 6) is 3.19. The second-order valence-electron chi connectivity index (χ2n) is 5.17. The van der Waals surface area contributed by atoms with Crippen LogP contribution in [0.1, 0.15) is 5.56 Å². The van der Waals surface area contributed by atoms with Gasteiger partial charge in [0, 0.05) is 19.8 Å². The summed E-state index contributed by atoms with van der Waals surface area (Å²) >= 11 is 0. The third kappa shape index (κ3) is 6.17. The molecule has 0 saturated carbocycles. The molecule has 0 aliphatic carbocycles. The van der Waals surface area contributed by atoms with Gasteiger partial charge in [0.05, 0.1) is 0 Å². The van der Waals surface area contributed by atoms with E-state index in [1.165, 1.54) is 5.56 Å². The molecule has 3 heteroatoms. The Kier molecular flexibility index (Phi) is 5.54. The number of allylic oxidation sites excluding steroid dienone is 1. The lowest BCUT2D eigenvalue weighted by molar-refractivity contribution is 0.849. The summed E-state index contributed by atoms with van der Waals surface area (Å²) in [5, 5.41) is 6.39. The SMILES string of the molecule is CN/C(C#C[Si](C)(C)C)=C\NCc1ccccc1. The fourth-order valence-corrected chi connectivity index (χ4v) is 1.80. The van der Waals surface area contributed by atoms with E-state index in [0.29, 0.717) is 0 Å². The molecule has 0 bridgehead atoms. The van der Waals surface area contributed by atoms with Crippen molar-refractivity contribution in [2.24, 2.45) is 0 Å². The molecule has 0 heterocycles. The van der Waals surface area contributed by atoms with E-state index >= 15 is 0 Å². The zero-order valence-electron chi connectivity index (χ0n) is 11.7. The van der Waals surface area contributed by atoms with Crippen molar-refractivity contribution in [2.45, 2.75) is 26.2 Å². The van der Waals surface area contributed by atoms with Gasteiger partial charge in [0.2, 0.25) is 0 Å². The number of rotatable bonds is 4. The molecule has 1 rings (SSSR count).